The number of nitrogens with one attached hydrogen (secondary N) is 2. The van der Waals surface area contributed by atoms with E-state index in [0.29, 0.717) is 55.0 Å². The van der Waals surface area contributed by atoms with E-state index < -0.39 is 11.3 Å². The van der Waals surface area contributed by atoms with Gasteiger partial charge in [0.1, 0.15) is 25.4 Å². The van der Waals surface area contributed by atoms with E-state index in [2.05, 4.69) is 32.0 Å². The van der Waals surface area contributed by atoms with Gasteiger partial charge in [0.05, 0.1) is 57.3 Å². The van der Waals surface area contributed by atoms with Gasteiger partial charge in [0, 0.05) is 17.3 Å². The van der Waals surface area contributed by atoms with Crippen LogP contribution in [-0.4, -0.2) is 34.9 Å². The van der Waals surface area contributed by atoms with Crippen LogP contribution in [-0.2, 0) is 5.44 Å². The number of hydrogen-bond acceptors (Lipinski definition) is 7. The lowest BCUT2D eigenvalue weighted by Crippen LogP contribution is -2.37. The predicted molar refractivity (Wildman–Crippen MR) is 158 cm³/mol. The summed E-state index contributed by atoms with van der Waals surface area (Å²) >= 11 is 13.1. The smallest absolute Gasteiger partial charge is 0.160 e. The van der Waals surface area contributed by atoms with Crippen LogP contribution < -0.4 is 15.4 Å². The van der Waals surface area contributed by atoms with E-state index in [-0.39, 0.29) is 11.6 Å². The van der Waals surface area contributed by atoms with Gasteiger partial charge in [-0.2, -0.15) is 5.26 Å². The molecule has 12 heteroatoms. The molecule has 5 aromatic rings. The zero-order chi connectivity index (χ0) is 28.7. The Bertz CT molecular complexity index is 1820. The highest BCUT2D eigenvalue weighted by Crippen LogP contribution is 2.41. The second-order valence-corrected chi connectivity index (χ2v) is 10.5. The number of rotatable bonds is 8. The number of benzene rings is 3. The average molecular weight is 584 g/mol. The average Bonchev–Trinajstić information content (AvgIpc) is 3.69. The molecule has 1 fully saturated rings. The van der Waals surface area contributed by atoms with Gasteiger partial charge in [0.2, 0.25) is 0 Å². The summed E-state index contributed by atoms with van der Waals surface area (Å²) in [4.78, 5) is 4.43. The third-order valence-corrected chi connectivity index (χ3v) is 7.54. The SMILES string of the molecule is [B]C(Nc1cc(Cl)c2ncc(C#N)c(Nc3cccc(Cl)c3OC)c2c1)(c1ccc(F)cc1)c1cn(C2CC2)nn1. The molecule has 2 N–H and O–H groups in total. The molecule has 0 saturated heterocycles. The Hall–Kier alpha value is -4.33. The van der Waals surface area contributed by atoms with Crippen LogP contribution in [0.25, 0.3) is 10.9 Å². The van der Waals surface area contributed by atoms with E-state index in [1.165, 1.54) is 25.4 Å². The first-order valence-corrected chi connectivity index (χ1v) is 13.4. The molecule has 1 atom stereocenters. The normalized spacial score (nSPS) is 14.3. The molecule has 1 aliphatic rings. The maximum atomic E-state index is 13.9. The molecule has 1 aliphatic carbocycles. The number of pyridine rings is 1. The third-order valence-electron chi connectivity index (χ3n) is 6.95. The molecule has 1 unspecified atom stereocenters. The van der Waals surface area contributed by atoms with Gasteiger partial charge in [0.25, 0.3) is 0 Å². The molecule has 0 aliphatic heterocycles. The lowest BCUT2D eigenvalue weighted by atomic mass is 9.69. The molecule has 2 aromatic heterocycles. The minimum atomic E-state index is -1.40. The summed E-state index contributed by atoms with van der Waals surface area (Å²) in [5, 5.41) is 26.5. The summed E-state index contributed by atoms with van der Waals surface area (Å²) in [5.74, 6) is 0.0215. The van der Waals surface area contributed by atoms with E-state index in [0.717, 1.165) is 12.8 Å². The van der Waals surface area contributed by atoms with Gasteiger partial charge in [0.15, 0.2) is 5.75 Å². The number of ether oxygens (including phenoxy) is 1. The van der Waals surface area contributed by atoms with Gasteiger partial charge in [-0.3, -0.25) is 4.98 Å². The maximum Gasteiger partial charge on any atom is 0.160 e. The summed E-state index contributed by atoms with van der Waals surface area (Å²) in [6, 6.07) is 17.0. The number of methoxy groups -OCH3 is 1. The summed E-state index contributed by atoms with van der Waals surface area (Å²) < 4.78 is 21.1. The van der Waals surface area contributed by atoms with Crippen LogP contribution in [0.5, 0.6) is 5.75 Å². The van der Waals surface area contributed by atoms with Crippen LogP contribution in [0.3, 0.4) is 0 Å². The first-order valence-electron chi connectivity index (χ1n) is 12.7. The molecular formula is C29H21BCl2FN7O. The highest BCUT2D eigenvalue weighted by molar-refractivity contribution is 6.36. The fourth-order valence-electron chi connectivity index (χ4n) is 4.70. The van der Waals surface area contributed by atoms with Crippen molar-refractivity contribution in [3.8, 4) is 11.8 Å². The van der Waals surface area contributed by atoms with Crippen molar-refractivity contribution in [2.75, 3.05) is 17.7 Å². The Morgan fingerprint density at radius 1 is 1.15 bits per heavy atom. The first kappa shape index (κ1) is 26.9. The van der Waals surface area contributed by atoms with Crippen molar-refractivity contribution in [3.63, 3.8) is 0 Å². The number of nitriles is 1. The van der Waals surface area contributed by atoms with Crippen LogP contribution >= 0.6 is 23.2 Å². The van der Waals surface area contributed by atoms with Crippen molar-refractivity contribution in [2.45, 2.75) is 24.3 Å². The predicted octanol–water partition coefficient (Wildman–Crippen LogP) is 6.71. The van der Waals surface area contributed by atoms with Gasteiger partial charge in [-0.1, -0.05) is 46.6 Å². The molecule has 2 radical (unpaired) electrons. The molecule has 6 rings (SSSR count). The van der Waals surface area contributed by atoms with E-state index in [1.807, 2.05) is 0 Å². The van der Waals surface area contributed by atoms with Crippen molar-refractivity contribution in [1.82, 2.24) is 20.0 Å². The minimum absolute atomic E-state index is 0.276. The first-order chi connectivity index (χ1) is 19.8. The number of hydrogen-bond donors (Lipinski definition) is 2. The minimum Gasteiger partial charge on any atom is -0.493 e. The van der Waals surface area contributed by atoms with E-state index in [4.69, 9.17) is 35.8 Å². The van der Waals surface area contributed by atoms with Crippen molar-refractivity contribution < 1.29 is 9.13 Å². The fourth-order valence-corrected chi connectivity index (χ4v) is 5.22. The summed E-state index contributed by atoms with van der Waals surface area (Å²) in [6.07, 6.45) is 5.28. The molecule has 0 spiro atoms. The van der Waals surface area contributed by atoms with Crippen LogP contribution in [0.4, 0.5) is 21.5 Å². The Labute approximate surface area is 246 Å². The number of aromatic nitrogens is 4. The monoisotopic (exact) mass is 583 g/mol. The highest BCUT2D eigenvalue weighted by Gasteiger charge is 2.34. The molecule has 0 bridgehead atoms. The summed E-state index contributed by atoms with van der Waals surface area (Å²) in [7, 11) is 8.53. The van der Waals surface area contributed by atoms with Gasteiger partial charge >= 0.3 is 0 Å². The van der Waals surface area contributed by atoms with Crippen molar-refractivity contribution in [1.29, 1.82) is 5.26 Å². The molecule has 41 heavy (non-hydrogen) atoms. The van der Waals surface area contributed by atoms with E-state index in [1.54, 1.807) is 53.3 Å². The van der Waals surface area contributed by atoms with Crippen LogP contribution in [0.2, 0.25) is 10.0 Å². The Kier molecular flexibility index (Phi) is 6.93. The largest absolute Gasteiger partial charge is 0.493 e. The van der Waals surface area contributed by atoms with Crippen LogP contribution in [0, 0.1) is 17.1 Å². The van der Waals surface area contributed by atoms with E-state index >= 15 is 0 Å². The summed E-state index contributed by atoms with van der Waals surface area (Å²) in [5.41, 5.74) is 1.85. The van der Waals surface area contributed by atoms with Gasteiger partial charge in [-0.25, -0.2) is 9.07 Å². The van der Waals surface area contributed by atoms with Crippen molar-refractivity contribution in [2.24, 2.45) is 0 Å². The number of para-hydroxylation sites is 1. The number of nitrogens with zero attached hydrogens (tertiary/aromatic N) is 5. The Balaban J connectivity index is 1.48. The molecule has 2 heterocycles. The lowest BCUT2D eigenvalue weighted by Gasteiger charge is -2.32. The molecule has 1 saturated carbocycles. The molecule has 3 aromatic carbocycles. The standard InChI is InChI=1S/C29H21BCl2FN7O/c1-41-28-22(31)3-2-4-24(28)36-26-16(13-34)14-35-27-21(26)11-19(12-23(27)32)37-29(30,17-5-7-18(33)8-6-17)25-15-40(39-38-25)20-9-10-20/h2-8,11-12,14-15,20,37H,9-10H2,1H3,(H,35,36). The van der Waals surface area contributed by atoms with Crippen LogP contribution in [0.15, 0.2) is 67.0 Å². The second kappa shape index (κ2) is 10.6. The third kappa shape index (κ3) is 5.03. The van der Waals surface area contributed by atoms with Gasteiger partial charge < -0.3 is 15.4 Å². The summed E-state index contributed by atoms with van der Waals surface area (Å²) in [6.45, 7) is 0. The molecular weight excluding hydrogens is 563 g/mol. The molecule has 8 nitrogen and oxygen atoms in total. The number of fused-ring (bicyclic) bond motifs is 1. The van der Waals surface area contributed by atoms with Crippen molar-refractivity contribution >= 4 is 59.0 Å². The van der Waals surface area contributed by atoms with Crippen molar-refractivity contribution in [3.05, 3.63) is 99.7 Å². The maximum absolute atomic E-state index is 13.9. The van der Waals surface area contributed by atoms with Crippen LogP contribution in [0.1, 0.15) is 35.7 Å². The molecule has 0 amide bonds. The van der Waals surface area contributed by atoms with Gasteiger partial charge in [-0.05, 0) is 54.8 Å². The highest BCUT2D eigenvalue weighted by atomic mass is 35.5. The topological polar surface area (TPSA) is 101 Å². The Morgan fingerprint density at radius 3 is 2.63 bits per heavy atom. The fraction of sp³-hybridized carbons (Fsp3) is 0.172. The second-order valence-electron chi connectivity index (χ2n) is 9.71. The van der Waals surface area contributed by atoms with Gasteiger partial charge in [-0.15, -0.1) is 5.10 Å². The zero-order valence-electron chi connectivity index (χ0n) is 21.7. The quantitative estimate of drug-likeness (QED) is 0.196. The zero-order valence-corrected chi connectivity index (χ0v) is 23.2. The Morgan fingerprint density at radius 2 is 1.93 bits per heavy atom. The van der Waals surface area contributed by atoms with E-state index in [9.17, 15) is 9.65 Å². The number of anilines is 3. The lowest BCUT2D eigenvalue weighted by molar-refractivity contribution is 0.417. The number of halogens is 3. The molecule has 202 valence electrons.